The summed E-state index contributed by atoms with van der Waals surface area (Å²) in [5.41, 5.74) is 7.81. The van der Waals surface area contributed by atoms with E-state index >= 15 is 0 Å². The Morgan fingerprint density at radius 3 is 2.32 bits per heavy atom. The molecule has 2 amide bonds. The van der Waals surface area contributed by atoms with Crippen molar-refractivity contribution in [2.45, 2.75) is 45.1 Å². The Hall–Kier alpha value is -2.96. The molecular formula is C21H26N4O3. The van der Waals surface area contributed by atoms with Crippen LogP contribution in [0.4, 0.5) is 4.79 Å². The molecule has 1 aliphatic rings. The van der Waals surface area contributed by atoms with Crippen LogP contribution < -0.4 is 5.73 Å². The summed E-state index contributed by atoms with van der Waals surface area (Å²) in [7, 11) is 0. The minimum Gasteiger partial charge on any atom is -0.444 e. The van der Waals surface area contributed by atoms with Crippen molar-refractivity contribution in [1.82, 2.24) is 14.9 Å². The molecule has 2 aromatic rings. The van der Waals surface area contributed by atoms with Gasteiger partial charge in [-0.05, 0) is 45.7 Å². The van der Waals surface area contributed by atoms with Crippen molar-refractivity contribution in [2.75, 3.05) is 13.1 Å². The number of carbonyl (C=O) groups excluding carboxylic acids is 2. The zero-order chi connectivity index (χ0) is 20.3. The first-order valence-corrected chi connectivity index (χ1v) is 9.43. The van der Waals surface area contributed by atoms with E-state index < -0.39 is 11.5 Å². The number of primary amides is 1. The number of nitrogens with zero attached hydrogens (tertiary/aromatic N) is 3. The fourth-order valence-corrected chi connectivity index (χ4v) is 3.21. The Morgan fingerprint density at radius 1 is 1.11 bits per heavy atom. The van der Waals surface area contributed by atoms with Crippen molar-refractivity contribution in [3.05, 3.63) is 47.9 Å². The number of hydrogen-bond acceptors (Lipinski definition) is 5. The Morgan fingerprint density at radius 2 is 1.75 bits per heavy atom. The van der Waals surface area contributed by atoms with Crippen LogP contribution in [-0.4, -0.2) is 45.6 Å². The summed E-state index contributed by atoms with van der Waals surface area (Å²) in [6.45, 7) is 6.88. The minimum absolute atomic E-state index is 0.246. The molecule has 0 aliphatic carbocycles. The highest BCUT2D eigenvalue weighted by molar-refractivity contribution is 5.93. The van der Waals surface area contributed by atoms with Gasteiger partial charge in [-0.2, -0.15) is 0 Å². The summed E-state index contributed by atoms with van der Waals surface area (Å²) in [6, 6.07) is 7.01. The number of rotatable bonds is 3. The fourth-order valence-electron chi connectivity index (χ4n) is 3.21. The summed E-state index contributed by atoms with van der Waals surface area (Å²) >= 11 is 0. The van der Waals surface area contributed by atoms with Crippen molar-refractivity contribution >= 4 is 12.0 Å². The Labute approximate surface area is 164 Å². The molecule has 7 nitrogen and oxygen atoms in total. The topological polar surface area (TPSA) is 98.4 Å². The van der Waals surface area contributed by atoms with Crippen LogP contribution >= 0.6 is 0 Å². The summed E-state index contributed by atoms with van der Waals surface area (Å²) < 4.78 is 5.45. The highest BCUT2D eigenvalue weighted by Gasteiger charge is 2.28. The minimum atomic E-state index is -0.488. The van der Waals surface area contributed by atoms with E-state index in [1.807, 2.05) is 32.9 Å². The molecule has 0 radical (unpaired) electrons. The number of amides is 2. The van der Waals surface area contributed by atoms with Crippen LogP contribution in [0, 0.1) is 0 Å². The van der Waals surface area contributed by atoms with Crippen LogP contribution in [-0.2, 0) is 4.74 Å². The number of nitrogens with two attached hydrogens (primary N) is 1. The summed E-state index contributed by atoms with van der Waals surface area (Å²) in [5.74, 6) is -0.209. The van der Waals surface area contributed by atoms with E-state index in [0.29, 0.717) is 18.7 Å². The lowest BCUT2D eigenvalue weighted by atomic mass is 9.94. The van der Waals surface area contributed by atoms with E-state index in [0.717, 1.165) is 29.8 Å². The molecule has 1 aromatic heterocycles. The fraction of sp³-hybridized carbons (Fsp3) is 0.429. The third-order valence-corrected chi connectivity index (χ3v) is 4.68. The number of benzene rings is 1. The third-order valence-electron chi connectivity index (χ3n) is 4.68. The van der Waals surface area contributed by atoms with Crippen molar-refractivity contribution < 1.29 is 14.3 Å². The Balaban J connectivity index is 1.67. The van der Waals surface area contributed by atoms with Gasteiger partial charge in [0.05, 0.1) is 17.6 Å². The monoisotopic (exact) mass is 382 g/mol. The van der Waals surface area contributed by atoms with Gasteiger partial charge in [-0.15, -0.1) is 0 Å². The second-order valence-electron chi connectivity index (χ2n) is 8.01. The number of piperidine rings is 1. The van der Waals surface area contributed by atoms with Gasteiger partial charge < -0.3 is 15.4 Å². The summed E-state index contributed by atoms with van der Waals surface area (Å²) in [5, 5.41) is 0. The van der Waals surface area contributed by atoms with Gasteiger partial charge in [0, 0.05) is 36.3 Å². The van der Waals surface area contributed by atoms with Crippen molar-refractivity contribution in [3.63, 3.8) is 0 Å². The van der Waals surface area contributed by atoms with Crippen LogP contribution in [0.15, 0.2) is 36.7 Å². The maximum Gasteiger partial charge on any atom is 0.410 e. The molecule has 1 fully saturated rings. The van der Waals surface area contributed by atoms with Crippen LogP contribution in [0.5, 0.6) is 0 Å². The number of carbonyl (C=O) groups is 2. The van der Waals surface area contributed by atoms with E-state index in [1.54, 1.807) is 29.4 Å². The van der Waals surface area contributed by atoms with Crippen molar-refractivity contribution in [3.8, 4) is 11.3 Å². The lowest BCUT2D eigenvalue weighted by Gasteiger charge is -2.33. The zero-order valence-corrected chi connectivity index (χ0v) is 16.5. The second-order valence-corrected chi connectivity index (χ2v) is 8.01. The molecule has 1 aromatic carbocycles. The maximum atomic E-state index is 12.2. The molecule has 148 valence electrons. The first-order valence-electron chi connectivity index (χ1n) is 9.43. The van der Waals surface area contributed by atoms with Gasteiger partial charge >= 0.3 is 6.09 Å². The van der Waals surface area contributed by atoms with Gasteiger partial charge in [0.15, 0.2) is 0 Å². The first kappa shape index (κ1) is 19.8. The maximum absolute atomic E-state index is 12.2. The number of hydrogen-bond donors (Lipinski definition) is 1. The summed E-state index contributed by atoms with van der Waals surface area (Å²) in [6.07, 6.45) is 4.87. The molecule has 0 unspecified atom stereocenters. The van der Waals surface area contributed by atoms with Crippen molar-refractivity contribution in [1.29, 1.82) is 0 Å². The molecule has 28 heavy (non-hydrogen) atoms. The molecule has 0 saturated carbocycles. The molecule has 3 rings (SSSR count). The van der Waals surface area contributed by atoms with Crippen LogP contribution in [0.25, 0.3) is 11.3 Å². The van der Waals surface area contributed by atoms with Gasteiger partial charge in [0.1, 0.15) is 5.60 Å². The highest BCUT2D eigenvalue weighted by atomic mass is 16.6. The predicted molar refractivity (Wildman–Crippen MR) is 106 cm³/mol. The molecule has 1 aliphatic heterocycles. The van der Waals surface area contributed by atoms with Gasteiger partial charge in [-0.3, -0.25) is 9.78 Å². The van der Waals surface area contributed by atoms with Crippen molar-refractivity contribution in [2.24, 2.45) is 5.73 Å². The van der Waals surface area contributed by atoms with Gasteiger partial charge in [-0.25, -0.2) is 9.78 Å². The Bertz CT molecular complexity index is 851. The average Bonchev–Trinajstić information content (AvgIpc) is 2.67. The highest BCUT2D eigenvalue weighted by Crippen LogP contribution is 2.28. The molecule has 1 saturated heterocycles. The molecular weight excluding hydrogens is 356 g/mol. The zero-order valence-electron chi connectivity index (χ0n) is 16.5. The second kappa shape index (κ2) is 7.96. The van der Waals surface area contributed by atoms with E-state index in [-0.39, 0.29) is 12.0 Å². The Kier molecular flexibility index (Phi) is 5.63. The first-order chi connectivity index (χ1) is 13.2. The number of likely N-dealkylation sites (tertiary alicyclic amines) is 1. The van der Waals surface area contributed by atoms with Crippen LogP contribution in [0.1, 0.15) is 55.6 Å². The average molecular weight is 382 g/mol. The van der Waals surface area contributed by atoms with E-state index in [4.69, 9.17) is 15.5 Å². The normalized spacial score (nSPS) is 15.3. The quantitative estimate of drug-likeness (QED) is 0.878. The third kappa shape index (κ3) is 4.85. The summed E-state index contributed by atoms with van der Waals surface area (Å²) in [4.78, 5) is 34.3. The molecule has 2 N–H and O–H groups in total. The number of aromatic nitrogens is 2. The molecule has 0 spiro atoms. The standard InChI is InChI=1S/C21H26N4O3/c1-21(2,3)28-20(27)25-10-8-15(9-11-25)18-13-23-12-17(24-18)14-4-6-16(7-5-14)19(22)26/h4-7,12-13,15H,8-11H2,1-3H3,(H2,22,26). The molecule has 0 atom stereocenters. The molecule has 0 bridgehead atoms. The van der Waals surface area contributed by atoms with Crippen LogP contribution in [0.2, 0.25) is 0 Å². The lowest BCUT2D eigenvalue weighted by molar-refractivity contribution is 0.0204. The predicted octanol–water partition coefficient (Wildman–Crippen LogP) is 3.36. The lowest BCUT2D eigenvalue weighted by Crippen LogP contribution is -2.41. The largest absolute Gasteiger partial charge is 0.444 e. The van der Waals surface area contributed by atoms with E-state index in [9.17, 15) is 9.59 Å². The molecule has 7 heteroatoms. The van der Waals surface area contributed by atoms with Crippen LogP contribution in [0.3, 0.4) is 0 Å². The molecule has 2 heterocycles. The van der Waals surface area contributed by atoms with E-state index in [2.05, 4.69) is 4.98 Å². The number of ether oxygens (including phenoxy) is 1. The van der Waals surface area contributed by atoms with Gasteiger partial charge in [-0.1, -0.05) is 12.1 Å². The van der Waals surface area contributed by atoms with Gasteiger partial charge in [0.25, 0.3) is 0 Å². The smallest absolute Gasteiger partial charge is 0.410 e. The SMILES string of the molecule is CC(C)(C)OC(=O)N1CCC(c2cncc(-c3ccc(C(N)=O)cc3)n2)CC1. The van der Waals surface area contributed by atoms with E-state index in [1.165, 1.54) is 0 Å². The van der Waals surface area contributed by atoms with Gasteiger partial charge in [0.2, 0.25) is 5.91 Å².